The van der Waals surface area contributed by atoms with Crippen LogP contribution in [0.15, 0.2) is 46.3 Å². The highest BCUT2D eigenvalue weighted by Gasteiger charge is 2.34. The number of benzene rings is 1. The highest BCUT2D eigenvalue weighted by molar-refractivity contribution is 7.09. The Labute approximate surface area is 155 Å². The maximum absolute atomic E-state index is 12.3. The van der Waals surface area contributed by atoms with E-state index in [1.165, 1.54) is 4.88 Å². The smallest absolute Gasteiger partial charge is 0.261 e. The molecule has 6 nitrogen and oxygen atoms in total. The van der Waals surface area contributed by atoms with Gasteiger partial charge in [0.25, 0.3) is 5.89 Å². The number of ether oxygens (including phenoxy) is 1. The lowest BCUT2D eigenvalue weighted by molar-refractivity contribution is -0.128. The summed E-state index contributed by atoms with van der Waals surface area (Å²) in [4.78, 5) is 19.9. The van der Waals surface area contributed by atoms with Crippen molar-refractivity contribution in [2.75, 3.05) is 13.2 Å². The molecule has 1 saturated heterocycles. The first kappa shape index (κ1) is 16.8. The molecule has 2 aromatic heterocycles. The van der Waals surface area contributed by atoms with Gasteiger partial charge in [0.05, 0.1) is 18.7 Å². The highest BCUT2D eigenvalue weighted by Crippen LogP contribution is 2.32. The first-order chi connectivity index (χ1) is 12.7. The van der Waals surface area contributed by atoms with Crippen LogP contribution in [-0.2, 0) is 11.3 Å². The molecule has 26 heavy (non-hydrogen) atoms. The summed E-state index contributed by atoms with van der Waals surface area (Å²) in [6, 6.07) is 11.6. The average molecular weight is 369 g/mol. The van der Waals surface area contributed by atoms with E-state index in [1.54, 1.807) is 11.3 Å². The van der Waals surface area contributed by atoms with Gasteiger partial charge in [0.2, 0.25) is 5.91 Å². The summed E-state index contributed by atoms with van der Waals surface area (Å²) in [5, 5.41) is 6.15. The van der Waals surface area contributed by atoms with Crippen molar-refractivity contribution in [1.82, 2.24) is 15.0 Å². The van der Waals surface area contributed by atoms with Crippen molar-refractivity contribution in [1.29, 1.82) is 0 Å². The van der Waals surface area contributed by atoms with E-state index >= 15 is 0 Å². The highest BCUT2D eigenvalue weighted by atomic mass is 32.1. The monoisotopic (exact) mass is 369 g/mol. The summed E-state index contributed by atoms with van der Waals surface area (Å²) >= 11 is 1.66. The SMILES string of the molecule is CCOc1ccccc1-c1nc(C2CC(=O)N(Cc3cccs3)C2)no1. The molecule has 134 valence electrons. The zero-order valence-corrected chi connectivity index (χ0v) is 15.2. The van der Waals surface area contributed by atoms with E-state index in [2.05, 4.69) is 10.1 Å². The molecule has 1 amide bonds. The number of thiophene rings is 1. The van der Waals surface area contributed by atoms with Gasteiger partial charge in [-0.05, 0) is 30.5 Å². The number of likely N-dealkylation sites (tertiary alicyclic amines) is 1. The molecule has 4 rings (SSSR count). The van der Waals surface area contributed by atoms with E-state index < -0.39 is 0 Å². The third-order valence-electron chi connectivity index (χ3n) is 4.37. The van der Waals surface area contributed by atoms with Crippen LogP contribution >= 0.6 is 11.3 Å². The molecule has 7 heteroatoms. The minimum absolute atomic E-state index is 0.0424. The summed E-state index contributed by atoms with van der Waals surface area (Å²) in [5.41, 5.74) is 0.771. The van der Waals surface area contributed by atoms with Crippen molar-refractivity contribution in [2.24, 2.45) is 0 Å². The number of carbonyl (C=O) groups excluding carboxylic acids is 1. The van der Waals surface area contributed by atoms with E-state index in [4.69, 9.17) is 9.26 Å². The second kappa shape index (κ2) is 7.29. The van der Waals surface area contributed by atoms with Crippen LogP contribution in [0.2, 0.25) is 0 Å². The third kappa shape index (κ3) is 3.35. The maximum Gasteiger partial charge on any atom is 0.261 e. The fraction of sp³-hybridized carbons (Fsp3) is 0.316. The second-order valence-corrected chi connectivity index (χ2v) is 7.17. The van der Waals surface area contributed by atoms with Crippen molar-refractivity contribution in [3.05, 3.63) is 52.5 Å². The van der Waals surface area contributed by atoms with E-state index in [1.807, 2.05) is 53.6 Å². The average Bonchev–Trinajstić information content (AvgIpc) is 3.38. The molecule has 0 radical (unpaired) electrons. The Morgan fingerprint density at radius 1 is 1.31 bits per heavy atom. The Bertz CT molecular complexity index is 891. The Kier molecular flexibility index (Phi) is 4.71. The number of nitrogens with zero attached hydrogens (tertiary/aromatic N) is 3. The molecule has 0 aliphatic carbocycles. The molecule has 1 aliphatic heterocycles. The van der Waals surface area contributed by atoms with E-state index in [0.717, 1.165) is 5.56 Å². The van der Waals surface area contributed by atoms with E-state index in [9.17, 15) is 4.79 Å². The minimum atomic E-state index is -0.0424. The van der Waals surface area contributed by atoms with Crippen LogP contribution in [-0.4, -0.2) is 34.1 Å². The molecule has 0 spiro atoms. The van der Waals surface area contributed by atoms with Crippen molar-refractivity contribution < 1.29 is 14.1 Å². The summed E-state index contributed by atoms with van der Waals surface area (Å²) in [7, 11) is 0. The van der Waals surface area contributed by atoms with Crippen molar-refractivity contribution >= 4 is 17.2 Å². The molecular formula is C19H19N3O3S. The Morgan fingerprint density at radius 3 is 3.00 bits per heavy atom. The van der Waals surface area contributed by atoms with Gasteiger partial charge in [0.15, 0.2) is 5.82 Å². The Balaban J connectivity index is 1.51. The summed E-state index contributed by atoms with van der Waals surface area (Å²) in [5.74, 6) is 1.80. The standard InChI is InChI=1S/C19H19N3O3S/c1-2-24-16-8-4-3-7-15(16)19-20-18(21-25-19)13-10-17(23)22(11-13)12-14-6-5-9-26-14/h3-9,13H,2,10-12H2,1H3. The minimum Gasteiger partial charge on any atom is -0.493 e. The van der Waals surface area contributed by atoms with Crippen molar-refractivity contribution in [3.8, 4) is 17.2 Å². The van der Waals surface area contributed by atoms with Gasteiger partial charge in [0.1, 0.15) is 5.75 Å². The van der Waals surface area contributed by atoms with Crippen LogP contribution in [0, 0.1) is 0 Å². The molecule has 1 unspecified atom stereocenters. The number of rotatable bonds is 6. The molecule has 0 bridgehead atoms. The molecule has 1 aliphatic rings. The van der Waals surface area contributed by atoms with Gasteiger partial charge in [0, 0.05) is 23.8 Å². The number of para-hydroxylation sites is 1. The van der Waals surface area contributed by atoms with Crippen LogP contribution in [0.4, 0.5) is 0 Å². The van der Waals surface area contributed by atoms with Gasteiger partial charge in [-0.2, -0.15) is 4.98 Å². The van der Waals surface area contributed by atoms with Crippen molar-refractivity contribution in [2.45, 2.75) is 25.8 Å². The van der Waals surface area contributed by atoms with Gasteiger partial charge in [-0.15, -0.1) is 11.3 Å². The molecule has 1 atom stereocenters. The van der Waals surface area contributed by atoms with Gasteiger partial charge in [-0.25, -0.2) is 0 Å². The maximum atomic E-state index is 12.3. The number of hydrogen-bond donors (Lipinski definition) is 0. The van der Waals surface area contributed by atoms with Gasteiger partial charge >= 0.3 is 0 Å². The number of carbonyl (C=O) groups is 1. The lowest BCUT2D eigenvalue weighted by Crippen LogP contribution is -2.23. The Morgan fingerprint density at radius 2 is 2.19 bits per heavy atom. The fourth-order valence-electron chi connectivity index (χ4n) is 3.12. The molecule has 0 saturated carbocycles. The fourth-order valence-corrected chi connectivity index (χ4v) is 3.84. The van der Waals surface area contributed by atoms with Gasteiger partial charge in [-0.3, -0.25) is 4.79 Å². The zero-order valence-electron chi connectivity index (χ0n) is 14.4. The summed E-state index contributed by atoms with van der Waals surface area (Å²) < 4.78 is 11.1. The van der Waals surface area contributed by atoms with E-state index in [-0.39, 0.29) is 11.8 Å². The van der Waals surface area contributed by atoms with Gasteiger partial charge < -0.3 is 14.2 Å². The zero-order chi connectivity index (χ0) is 17.9. The Hall–Kier alpha value is -2.67. The van der Waals surface area contributed by atoms with Crippen LogP contribution < -0.4 is 4.74 Å². The molecule has 3 heterocycles. The number of amides is 1. The summed E-state index contributed by atoms with van der Waals surface area (Å²) in [6.07, 6.45) is 0.414. The molecule has 1 fully saturated rings. The molecular weight excluding hydrogens is 350 g/mol. The number of aromatic nitrogens is 2. The quantitative estimate of drug-likeness (QED) is 0.662. The first-order valence-electron chi connectivity index (χ1n) is 8.60. The van der Waals surface area contributed by atoms with Crippen molar-refractivity contribution in [3.63, 3.8) is 0 Å². The third-order valence-corrected chi connectivity index (χ3v) is 5.23. The molecule has 1 aromatic carbocycles. The lowest BCUT2D eigenvalue weighted by Gasteiger charge is -2.14. The largest absolute Gasteiger partial charge is 0.493 e. The van der Waals surface area contributed by atoms with Gasteiger partial charge in [-0.1, -0.05) is 23.4 Å². The molecule has 3 aromatic rings. The van der Waals surface area contributed by atoms with Crippen LogP contribution in [0.5, 0.6) is 5.75 Å². The first-order valence-corrected chi connectivity index (χ1v) is 9.48. The predicted octanol–water partition coefficient (Wildman–Crippen LogP) is 3.71. The van der Waals surface area contributed by atoms with Crippen LogP contribution in [0.3, 0.4) is 0 Å². The molecule has 0 N–H and O–H groups in total. The number of hydrogen-bond acceptors (Lipinski definition) is 6. The van der Waals surface area contributed by atoms with E-state index in [0.29, 0.717) is 43.6 Å². The summed E-state index contributed by atoms with van der Waals surface area (Å²) in [6.45, 7) is 3.75. The normalized spacial score (nSPS) is 17.0. The lowest BCUT2D eigenvalue weighted by atomic mass is 10.1. The van der Waals surface area contributed by atoms with Crippen LogP contribution in [0.1, 0.15) is 30.0 Å². The predicted molar refractivity (Wildman–Crippen MR) is 98.0 cm³/mol. The topological polar surface area (TPSA) is 68.5 Å². The second-order valence-electron chi connectivity index (χ2n) is 6.14. The van der Waals surface area contributed by atoms with Crippen LogP contribution in [0.25, 0.3) is 11.5 Å².